The van der Waals surface area contributed by atoms with Crippen molar-refractivity contribution >= 4 is 31.8 Å². The van der Waals surface area contributed by atoms with Crippen LogP contribution in [0.2, 0.25) is 0 Å². The van der Waals surface area contributed by atoms with E-state index >= 15 is 0 Å². The van der Waals surface area contributed by atoms with E-state index < -0.39 is 0 Å². The number of aromatic nitrogens is 5. The highest BCUT2D eigenvalue weighted by molar-refractivity contribution is 7.25. The van der Waals surface area contributed by atoms with Crippen molar-refractivity contribution in [2.75, 3.05) is 19.6 Å². The Kier molecular flexibility index (Phi) is 4.37. The van der Waals surface area contributed by atoms with Crippen LogP contribution in [0.15, 0.2) is 35.1 Å². The first-order valence-corrected chi connectivity index (χ1v) is 10.3. The summed E-state index contributed by atoms with van der Waals surface area (Å²) in [6.45, 7) is 5.54. The van der Waals surface area contributed by atoms with Crippen molar-refractivity contribution in [3.63, 3.8) is 0 Å². The lowest BCUT2D eigenvalue weighted by molar-refractivity contribution is 0.310. The number of thiophene rings is 1. The smallest absolute Gasteiger partial charge is 0.287 e. The second-order valence-electron chi connectivity index (χ2n) is 7.13. The molecule has 8 heteroatoms. The quantitative estimate of drug-likeness (QED) is 0.532. The Balaban J connectivity index is 1.58. The van der Waals surface area contributed by atoms with Gasteiger partial charge in [0, 0.05) is 12.1 Å². The average molecular weight is 392 g/mol. The van der Waals surface area contributed by atoms with Crippen molar-refractivity contribution < 1.29 is 0 Å². The van der Waals surface area contributed by atoms with Crippen LogP contribution in [0.25, 0.3) is 31.8 Å². The third-order valence-corrected chi connectivity index (χ3v) is 6.31. The maximum atomic E-state index is 13.0. The molecule has 0 radical (unpaired) electrons. The molecule has 0 atom stereocenters. The number of nitrogens with zero attached hydrogens (tertiary/aromatic N) is 6. The lowest BCUT2D eigenvalue weighted by atomic mass is 10.2. The third kappa shape index (κ3) is 2.98. The average Bonchev–Trinajstić information content (AvgIpc) is 3.36. The van der Waals surface area contributed by atoms with Gasteiger partial charge in [0.25, 0.3) is 5.56 Å². The van der Waals surface area contributed by atoms with E-state index in [1.807, 2.05) is 37.3 Å². The van der Waals surface area contributed by atoms with Crippen LogP contribution in [0.5, 0.6) is 0 Å². The predicted molar refractivity (Wildman–Crippen MR) is 111 cm³/mol. The largest absolute Gasteiger partial charge is 0.301 e. The summed E-state index contributed by atoms with van der Waals surface area (Å²) in [4.78, 5) is 25.5. The van der Waals surface area contributed by atoms with Crippen LogP contribution in [0.1, 0.15) is 18.5 Å². The first-order chi connectivity index (χ1) is 13.7. The molecule has 5 rings (SSSR count). The Morgan fingerprint density at radius 1 is 1.07 bits per heavy atom. The van der Waals surface area contributed by atoms with Crippen LogP contribution in [-0.4, -0.2) is 49.5 Å². The Morgan fingerprint density at radius 2 is 1.86 bits per heavy atom. The molecule has 1 fully saturated rings. The van der Waals surface area contributed by atoms with Gasteiger partial charge in [-0.25, -0.2) is 14.6 Å². The Bertz CT molecular complexity index is 1210. The summed E-state index contributed by atoms with van der Waals surface area (Å²) in [5, 5.41) is 9.38. The summed E-state index contributed by atoms with van der Waals surface area (Å²) in [5.74, 6) is 0.666. The molecule has 1 aliphatic rings. The molecule has 0 amide bonds. The van der Waals surface area contributed by atoms with E-state index in [4.69, 9.17) is 4.98 Å². The zero-order chi connectivity index (χ0) is 19.1. The fraction of sp³-hybridized carbons (Fsp3) is 0.350. The maximum Gasteiger partial charge on any atom is 0.287 e. The van der Waals surface area contributed by atoms with Gasteiger partial charge in [-0.05, 0) is 32.9 Å². The van der Waals surface area contributed by atoms with Gasteiger partial charge in [0.05, 0.1) is 17.6 Å². The summed E-state index contributed by atoms with van der Waals surface area (Å²) in [6, 6.07) is 9.87. The minimum Gasteiger partial charge on any atom is -0.301 e. The summed E-state index contributed by atoms with van der Waals surface area (Å²) >= 11 is 1.38. The molecule has 4 aromatic rings. The number of rotatable bonds is 4. The molecule has 4 heterocycles. The topological polar surface area (TPSA) is 76.8 Å². The van der Waals surface area contributed by atoms with Crippen LogP contribution >= 0.6 is 11.3 Å². The fourth-order valence-electron chi connectivity index (χ4n) is 3.75. The molecule has 0 aliphatic carbocycles. The van der Waals surface area contributed by atoms with Crippen molar-refractivity contribution in [2.45, 2.75) is 26.3 Å². The van der Waals surface area contributed by atoms with Crippen molar-refractivity contribution in [3.8, 4) is 11.4 Å². The molecule has 3 aromatic heterocycles. The van der Waals surface area contributed by atoms with E-state index in [2.05, 4.69) is 20.2 Å². The molecule has 0 bridgehead atoms. The number of likely N-dealkylation sites (tertiary alicyclic amines) is 1. The first kappa shape index (κ1) is 17.4. The summed E-state index contributed by atoms with van der Waals surface area (Å²) in [6.07, 6.45) is 2.47. The highest BCUT2D eigenvalue weighted by atomic mass is 32.1. The number of hydrogen-bond donors (Lipinski definition) is 0. The lowest BCUT2D eigenvalue weighted by Gasteiger charge is -2.14. The molecule has 0 unspecified atom stereocenters. The van der Waals surface area contributed by atoms with Crippen LogP contribution in [0.3, 0.4) is 0 Å². The predicted octanol–water partition coefficient (Wildman–Crippen LogP) is 2.87. The molecule has 142 valence electrons. The van der Waals surface area contributed by atoms with Crippen LogP contribution in [0, 0.1) is 6.92 Å². The molecule has 0 N–H and O–H groups in total. The van der Waals surface area contributed by atoms with E-state index in [-0.39, 0.29) is 5.56 Å². The van der Waals surface area contributed by atoms with Gasteiger partial charge in [-0.15, -0.1) is 16.4 Å². The molecule has 0 spiro atoms. The van der Waals surface area contributed by atoms with Gasteiger partial charge in [-0.2, -0.15) is 0 Å². The fourth-order valence-corrected chi connectivity index (χ4v) is 4.86. The third-order valence-electron chi connectivity index (χ3n) is 5.25. The van der Waals surface area contributed by atoms with Gasteiger partial charge in [0.1, 0.15) is 15.0 Å². The molecular formula is C20H20N6OS. The Morgan fingerprint density at radius 3 is 2.64 bits per heavy atom. The second kappa shape index (κ2) is 7.03. The molecule has 7 nitrogen and oxygen atoms in total. The van der Waals surface area contributed by atoms with Crippen molar-refractivity contribution in [2.24, 2.45) is 0 Å². The molecule has 1 saturated heterocycles. The van der Waals surface area contributed by atoms with Gasteiger partial charge in [0.15, 0.2) is 5.82 Å². The second-order valence-corrected chi connectivity index (χ2v) is 8.12. The molecular weight excluding hydrogens is 372 g/mol. The molecule has 1 aromatic carbocycles. The number of fused-ring (bicyclic) bond motifs is 3. The Hall–Kier alpha value is -2.71. The van der Waals surface area contributed by atoms with Gasteiger partial charge in [-0.1, -0.05) is 35.5 Å². The lowest BCUT2D eigenvalue weighted by Crippen LogP contribution is -2.31. The highest BCUT2D eigenvalue weighted by Gasteiger charge is 2.18. The minimum absolute atomic E-state index is 0.0899. The van der Waals surface area contributed by atoms with Crippen molar-refractivity contribution in [1.29, 1.82) is 0 Å². The number of aryl methyl sites for hydroxylation is 1. The maximum absolute atomic E-state index is 13.0. The molecule has 28 heavy (non-hydrogen) atoms. The van der Waals surface area contributed by atoms with E-state index in [9.17, 15) is 4.79 Å². The molecule has 0 saturated carbocycles. The van der Waals surface area contributed by atoms with Crippen LogP contribution in [0.4, 0.5) is 0 Å². The summed E-state index contributed by atoms with van der Waals surface area (Å²) < 4.78 is 2.09. The van der Waals surface area contributed by atoms with E-state index in [0.29, 0.717) is 22.6 Å². The first-order valence-electron chi connectivity index (χ1n) is 9.53. The van der Waals surface area contributed by atoms with Gasteiger partial charge in [-0.3, -0.25) is 4.79 Å². The van der Waals surface area contributed by atoms with Gasteiger partial charge >= 0.3 is 0 Å². The SMILES string of the molecule is Cc1nc(-c2ccccc2)nc2sc3c(=O)n(CCN4CCCC4)nnc3c12. The van der Waals surface area contributed by atoms with Crippen LogP contribution < -0.4 is 5.56 Å². The summed E-state index contributed by atoms with van der Waals surface area (Å²) in [7, 11) is 0. The van der Waals surface area contributed by atoms with E-state index in [1.54, 1.807) is 0 Å². The zero-order valence-corrected chi connectivity index (χ0v) is 16.4. The van der Waals surface area contributed by atoms with E-state index in [0.717, 1.165) is 41.1 Å². The number of hydrogen-bond acceptors (Lipinski definition) is 7. The van der Waals surface area contributed by atoms with Gasteiger partial charge < -0.3 is 4.90 Å². The van der Waals surface area contributed by atoms with Crippen molar-refractivity contribution in [3.05, 3.63) is 46.4 Å². The molecule has 1 aliphatic heterocycles. The minimum atomic E-state index is -0.0899. The van der Waals surface area contributed by atoms with E-state index in [1.165, 1.54) is 28.9 Å². The zero-order valence-electron chi connectivity index (χ0n) is 15.6. The highest BCUT2D eigenvalue weighted by Crippen LogP contribution is 2.32. The monoisotopic (exact) mass is 392 g/mol. The number of benzene rings is 1. The standard InChI is InChI=1S/C20H20N6OS/c1-13-15-16-17(20(27)26(24-23-16)12-11-25-9-5-6-10-25)28-19(15)22-18(21-13)14-7-3-2-4-8-14/h2-4,7-8H,5-6,9-12H2,1H3. The normalized spacial score (nSPS) is 15.0. The van der Waals surface area contributed by atoms with Gasteiger partial charge in [0.2, 0.25) is 0 Å². The summed E-state index contributed by atoms with van der Waals surface area (Å²) in [5.41, 5.74) is 2.30. The van der Waals surface area contributed by atoms with Crippen LogP contribution in [-0.2, 0) is 6.54 Å². The Labute approximate surface area is 165 Å². The van der Waals surface area contributed by atoms with Crippen molar-refractivity contribution in [1.82, 2.24) is 29.9 Å².